The minimum Gasteiger partial charge on any atom is -0.423 e. The average Bonchev–Trinajstić information content (AvgIpc) is 2.46. The highest BCUT2D eigenvalue weighted by Gasteiger charge is 2.03. The van der Waals surface area contributed by atoms with Crippen LogP contribution < -0.4 is 4.74 Å². The summed E-state index contributed by atoms with van der Waals surface area (Å²) < 4.78 is 18.0. The van der Waals surface area contributed by atoms with Crippen LogP contribution in [-0.2, 0) is 4.79 Å². The minimum atomic E-state index is -0.574. The largest absolute Gasteiger partial charge is 0.423 e. The first kappa shape index (κ1) is 14.7. The quantitative estimate of drug-likeness (QED) is 0.372. The van der Waals surface area contributed by atoms with Crippen LogP contribution in [0, 0.1) is 5.82 Å². The van der Waals surface area contributed by atoms with E-state index < -0.39 is 5.97 Å². The summed E-state index contributed by atoms with van der Waals surface area (Å²) in [5, 5.41) is 0. The van der Waals surface area contributed by atoms with E-state index in [1.165, 1.54) is 31.2 Å². The Bertz CT molecular complexity index is 687. The van der Waals surface area contributed by atoms with Gasteiger partial charge in [0.2, 0.25) is 0 Å². The number of ketones is 1. The van der Waals surface area contributed by atoms with Crippen LogP contribution in [-0.4, -0.2) is 11.8 Å². The molecule has 0 aliphatic carbocycles. The number of esters is 1. The molecule has 2 rings (SSSR count). The zero-order chi connectivity index (χ0) is 15.2. The standard InChI is InChI=1S/C17H13FO3/c1-12(19)14-6-8-16(9-7-14)21-17(20)10-5-13-3-2-4-15(18)11-13/h2-11H,1H3. The number of halogens is 1. The Kier molecular flexibility index (Phi) is 4.61. The molecule has 0 heterocycles. The van der Waals surface area contributed by atoms with Gasteiger partial charge in [-0.15, -0.1) is 0 Å². The van der Waals surface area contributed by atoms with E-state index in [0.29, 0.717) is 16.9 Å². The Morgan fingerprint density at radius 3 is 2.43 bits per heavy atom. The van der Waals surface area contributed by atoms with Gasteiger partial charge < -0.3 is 4.74 Å². The van der Waals surface area contributed by atoms with Gasteiger partial charge in [-0.05, 0) is 55.0 Å². The predicted octanol–water partition coefficient (Wildman–Crippen LogP) is 3.65. The smallest absolute Gasteiger partial charge is 0.336 e. The first-order valence-corrected chi connectivity index (χ1v) is 6.31. The van der Waals surface area contributed by atoms with E-state index in [2.05, 4.69) is 0 Å². The van der Waals surface area contributed by atoms with Crippen molar-refractivity contribution < 1.29 is 18.7 Å². The zero-order valence-electron chi connectivity index (χ0n) is 11.4. The van der Waals surface area contributed by atoms with Crippen molar-refractivity contribution in [1.82, 2.24) is 0 Å². The molecule has 0 fully saturated rings. The first-order chi connectivity index (χ1) is 10.0. The number of benzene rings is 2. The lowest BCUT2D eigenvalue weighted by atomic mass is 10.1. The molecule has 0 bridgehead atoms. The Balaban J connectivity index is 1.99. The molecule has 3 nitrogen and oxygen atoms in total. The molecule has 0 aliphatic heterocycles. The van der Waals surface area contributed by atoms with E-state index in [-0.39, 0.29) is 11.6 Å². The monoisotopic (exact) mass is 284 g/mol. The molecule has 2 aromatic rings. The van der Waals surface area contributed by atoms with Crippen molar-refractivity contribution in [2.45, 2.75) is 6.92 Å². The van der Waals surface area contributed by atoms with E-state index in [9.17, 15) is 14.0 Å². The van der Waals surface area contributed by atoms with Gasteiger partial charge >= 0.3 is 5.97 Å². The molecule has 106 valence electrons. The van der Waals surface area contributed by atoms with Crippen molar-refractivity contribution in [2.75, 3.05) is 0 Å². The topological polar surface area (TPSA) is 43.4 Å². The van der Waals surface area contributed by atoms with Crippen molar-refractivity contribution in [3.63, 3.8) is 0 Å². The van der Waals surface area contributed by atoms with E-state index in [1.54, 1.807) is 36.4 Å². The SMILES string of the molecule is CC(=O)c1ccc(OC(=O)C=Cc2cccc(F)c2)cc1. The molecule has 4 heteroatoms. The Morgan fingerprint density at radius 2 is 1.81 bits per heavy atom. The number of carbonyl (C=O) groups excluding carboxylic acids is 2. The van der Waals surface area contributed by atoms with Crippen LogP contribution in [0.25, 0.3) is 6.08 Å². The van der Waals surface area contributed by atoms with Gasteiger partial charge in [-0.3, -0.25) is 4.79 Å². The third kappa shape index (κ3) is 4.38. The molecule has 0 aromatic heterocycles. The second-order valence-electron chi connectivity index (χ2n) is 4.39. The molecule has 2 aromatic carbocycles. The van der Waals surface area contributed by atoms with Crippen molar-refractivity contribution in [3.05, 3.63) is 71.6 Å². The van der Waals surface area contributed by atoms with Crippen molar-refractivity contribution in [2.24, 2.45) is 0 Å². The molecular formula is C17H13FO3. The number of Topliss-reactive ketones (excluding diaryl/α,β-unsaturated/α-hetero) is 1. The third-order valence-corrected chi connectivity index (χ3v) is 2.74. The fourth-order valence-corrected chi connectivity index (χ4v) is 1.68. The lowest BCUT2D eigenvalue weighted by Gasteiger charge is -2.02. The summed E-state index contributed by atoms with van der Waals surface area (Å²) in [4.78, 5) is 22.7. The lowest BCUT2D eigenvalue weighted by Crippen LogP contribution is -2.03. The fourth-order valence-electron chi connectivity index (χ4n) is 1.68. The molecule has 0 amide bonds. The number of hydrogen-bond donors (Lipinski definition) is 0. The number of rotatable bonds is 4. The maximum atomic E-state index is 13.0. The highest BCUT2D eigenvalue weighted by Crippen LogP contribution is 2.13. The van der Waals surface area contributed by atoms with Gasteiger partial charge in [0.15, 0.2) is 5.78 Å². The molecular weight excluding hydrogens is 271 g/mol. The second-order valence-corrected chi connectivity index (χ2v) is 4.39. The van der Waals surface area contributed by atoms with Gasteiger partial charge in [0.05, 0.1) is 0 Å². The fraction of sp³-hybridized carbons (Fsp3) is 0.0588. The summed E-state index contributed by atoms with van der Waals surface area (Å²) >= 11 is 0. The molecule has 0 saturated carbocycles. The van der Waals surface area contributed by atoms with Crippen LogP contribution in [0.4, 0.5) is 4.39 Å². The number of ether oxygens (including phenoxy) is 1. The van der Waals surface area contributed by atoms with E-state index in [1.807, 2.05) is 0 Å². The zero-order valence-corrected chi connectivity index (χ0v) is 11.4. The van der Waals surface area contributed by atoms with Gasteiger partial charge in [0.25, 0.3) is 0 Å². The number of carbonyl (C=O) groups is 2. The van der Waals surface area contributed by atoms with Gasteiger partial charge in [-0.1, -0.05) is 12.1 Å². The van der Waals surface area contributed by atoms with Crippen LogP contribution in [0.1, 0.15) is 22.8 Å². The summed E-state index contributed by atoms with van der Waals surface area (Å²) in [6.45, 7) is 1.46. The summed E-state index contributed by atoms with van der Waals surface area (Å²) in [7, 11) is 0. The van der Waals surface area contributed by atoms with Crippen molar-refractivity contribution >= 4 is 17.8 Å². The molecule has 0 spiro atoms. The molecule has 0 radical (unpaired) electrons. The summed E-state index contributed by atoms with van der Waals surface area (Å²) in [5.74, 6) is -0.659. The van der Waals surface area contributed by atoms with Crippen LogP contribution in [0.15, 0.2) is 54.6 Å². The van der Waals surface area contributed by atoms with Crippen LogP contribution in [0.5, 0.6) is 5.75 Å². The van der Waals surface area contributed by atoms with Crippen LogP contribution in [0.3, 0.4) is 0 Å². The maximum Gasteiger partial charge on any atom is 0.336 e. The molecule has 21 heavy (non-hydrogen) atoms. The molecule has 0 aliphatic rings. The van der Waals surface area contributed by atoms with Crippen LogP contribution >= 0.6 is 0 Å². The molecule has 0 saturated heterocycles. The van der Waals surface area contributed by atoms with Gasteiger partial charge in [0.1, 0.15) is 11.6 Å². The highest BCUT2D eigenvalue weighted by molar-refractivity contribution is 5.94. The summed E-state index contributed by atoms with van der Waals surface area (Å²) in [6.07, 6.45) is 2.68. The van der Waals surface area contributed by atoms with Crippen molar-refractivity contribution in [3.8, 4) is 5.75 Å². The summed E-state index contributed by atoms with van der Waals surface area (Å²) in [6, 6.07) is 12.1. The minimum absolute atomic E-state index is 0.0566. The maximum absolute atomic E-state index is 13.0. The predicted molar refractivity (Wildman–Crippen MR) is 77.5 cm³/mol. The van der Waals surface area contributed by atoms with Gasteiger partial charge in [-0.2, -0.15) is 0 Å². The van der Waals surface area contributed by atoms with E-state index in [4.69, 9.17) is 4.74 Å². The summed E-state index contributed by atoms with van der Waals surface area (Å²) in [5.41, 5.74) is 1.11. The molecule has 0 atom stereocenters. The van der Waals surface area contributed by atoms with Gasteiger partial charge in [0, 0.05) is 11.6 Å². The molecule has 0 N–H and O–H groups in total. The molecule has 0 unspecified atom stereocenters. The normalized spacial score (nSPS) is 10.6. The average molecular weight is 284 g/mol. The van der Waals surface area contributed by atoms with Crippen molar-refractivity contribution in [1.29, 1.82) is 0 Å². The lowest BCUT2D eigenvalue weighted by molar-refractivity contribution is -0.128. The Labute approximate surface area is 121 Å². The second kappa shape index (κ2) is 6.61. The Morgan fingerprint density at radius 1 is 1.10 bits per heavy atom. The highest BCUT2D eigenvalue weighted by atomic mass is 19.1. The van der Waals surface area contributed by atoms with E-state index >= 15 is 0 Å². The number of hydrogen-bond acceptors (Lipinski definition) is 3. The third-order valence-electron chi connectivity index (χ3n) is 2.74. The van der Waals surface area contributed by atoms with E-state index in [0.717, 1.165) is 0 Å². The van der Waals surface area contributed by atoms with Crippen LogP contribution in [0.2, 0.25) is 0 Å². The Hall–Kier alpha value is -2.75. The first-order valence-electron chi connectivity index (χ1n) is 6.31. The van der Waals surface area contributed by atoms with Gasteiger partial charge in [-0.25, -0.2) is 9.18 Å².